The molecule has 7 nitrogen and oxygen atoms in total. The van der Waals surface area contributed by atoms with Gasteiger partial charge in [-0.3, -0.25) is 9.36 Å². The van der Waals surface area contributed by atoms with Crippen molar-refractivity contribution in [2.75, 3.05) is 11.1 Å². The van der Waals surface area contributed by atoms with Crippen LogP contribution in [0.5, 0.6) is 0 Å². The van der Waals surface area contributed by atoms with Crippen LogP contribution in [0.25, 0.3) is 16.8 Å². The van der Waals surface area contributed by atoms with E-state index in [9.17, 15) is 4.79 Å². The quantitative estimate of drug-likeness (QED) is 0.376. The average molecular weight is 393 g/mol. The summed E-state index contributed by atoms with van der Waals surface area (Å²) in [4.78, 5) is 15.8. The molecule has 0 spiro atoms. The number of hydrogen-bond acceptors (Lipinski definition) is 6. The number of rotatable bonds is 7. The second-order valence-corrected chi connectivity index (χ2v) is 7.30. The predicted molar refractivity (Wildman–Crippen MR) is 109 cm³/mol. The molecule has 4 aromatic rings. The van der Waals surface area contributed by atoms with Crippen LogP contribution in [0.2, 0.25) is 0 Å². The van der Waals surface area contributed by atoms with Gasteiger partial charge in [0.05, 0.1) is 5.69 Å². The molecule has 0 saturated heterocycles. The van der Waals surface area contributed by atoms with Crippen LogP contribution in [-0.4, -0.2) is 31.4 Å². The first-order valence-corrected chi connectivity index (χ1v) is 9.93. The van der Waals surface area contributed by atoms with Gasteiger partial charge < -0.3 is 9.73 Å². The smallest absolute Gasteiger partial charge is 0.221 e. The minimum absolute atomic E-state index is 0.102. The van der Waals surface area contributed by atoms with E-state index in [1.54, 1.807) is 18.1 Å². The van der Waals surface area contributed by atoms with Crippen LogP contribution in [0, 0.1) is 0 Å². The lowest BCUT2D eigenvalue weighted by Crippen LogP contribution is -2.06. The molecule has 0 aliphatic rings. The van der Waals surface area contributed by atoms with Crippen molar-refractivity contribution in [3.8, 4) is 5.69 Å². The van der Waals surface area contributed by atoms with Gasteiger partial charge >= 0.3 is 0 Å². The Morgan fingerprint density at radius 3 is 2.96 bits per heavy atom. The third-order valence-corrected chi connectivity index (χ3v) is 5.09. The molecule has 0 bridgehead atoms. The van der Waals surface area contributed by atoms with Gasteiger partial charge in [-0.05, 0) is 36.8 Å². The van der Waals surface area contributed by atoms with Gasteiger partial charge in [-0.2, -0.15) is 0 Å². The molecule has 2 aromatic heterocycles. The summed E-state index contributed by atoms with van der Waals surface area (Å²) in [5.41, 5.74) is 3.36. The van der Waals surface area contributed by atoms with E-state index in [2.05, 4.69) is 20.5 Å². The molecular formula is C20H19N5O2S. The molecule has 0 aliphatic heterocycles. The van der Waals surface area contributed by atoms with E-state index >= 15 is 0 Å². The van der Waals surface area contributed by atoms with Crippen molar-refractivity contribution in [3.05, 3.63) is 60.7 Å². The standard InChI is InChI=1S/C20H19N5O2S/c1-14(26)22-15-6-4-7-16(12-15)25-13-21-24-20(25)28-11-5-10-19-23-17-8-2-3-9-18(17)27-19/h2-4,6-9,12-13H,5,10-11H2,1H3,(H,22,26). The molecule has 2 heterocycles. The van der Waals surface area contributed by atoms with E-state index in [0.29, 0.717) is 0 Å². The number of benzene rings is 2. The Morgan fingerprint density at radius 1 is 1.21 bits per heavy atom. The molecule has 0 saturated carbocycles. The van der Waals surface area contributed by atoms with E-state index in [1.807, 2.05) is 53.1 Å². The summed E-state index contributed by atoms with van der Waals surface area (Å²) >= 11 is 1.63. The zero-order valence-corrected chi connectivity index (χ0v) is 16.1. The fourth-order valence-corrected chi connectivity index (χ4v) is 3.72. The number of para-hydroxylation sites is 2. The highest BCUT2D eigenvalue weighted by Crippen LogP contribution is 2.23. The summed E-state index contributed by atoms with van der Waals surface area (Å²) in [6.45, 7) is 1.49. The lowest BCUT2D eigenvalue weighted by atomic mass is 10.2. The molecule has 8 heteroatoms. The lowest BCUT2D eigenvalue weighted by molar-refractivity contribution is -0.114. The van der Waals surface area contributed by atoms with E-state index in [-0.39, 0.29) is 5.91 Å². The van der Waals surface area contributed by atoms with Crippen LogP contribution in [-0.2, 0) is 11.2 Å². The van der Waals surface area contributed by atoms with Gasteiger partial charge in [0.1, 0.15) is 11.8 Å². The molecule has 0 fully saturated rings. The van der Waals surface area contributed by atoms with Gasteiger partial charge in [-0.25, -0.2) is 4.98 Å². The number of anilines is 1. The number of fused-ring (bicyclic) bond motifs is 1. The molecule has 2 aromatic carbocycles. The lowest BCUT2D eigenvalue weighted by Gasteiger charge is -2.08. The van der Waals surface area contributed by atoms with Crippen LogP contribution in [0.1, 0.15) is 19.2 Å². The highest BCUT2D eigenvalue weighted by atomic mass is 32.2. The zero-order valence-electron chi connectivity index (χ0n) is 15.3. The molecule has 142 valence electrons. The number of aryl methyl sites for hydroxylation is 1. The summed E-state index contributed by atoms with van der Waals surface area (Å²) in [7, 11) is 0. The van der Waals surface area contributed by atoms with Gasteiger partial charge in [-0.15, -0.1) is 10.2 Å². The number of oxazole rings is 1. The summed E-state index contributed by atoms with van der Waals surface area (Å²) in [6, 6.07) is 15.4. The van der Waals surface area contributed by atoms with Crippen molar-refractivity contribution in [2.24, 2.45) is 0 Å². The Labute approximate surface area is 166 Å². The highest BCUT2D eigenvalue weighted by molar-refractivity contribution is 7.99. The molecule has 0 radical (unpaired) electrons. The summed E-state index contributed by atoms with van der Waals surface area (Å²) in [5, 5.41) is 11.8. The maximum absolute atomic E-state index is 11.3. The van der Waals surface area contributed by atoms with Crippen LogP contribution in [0.4, 0.5) is 5.69 Å². The number of aromatic nitrogens is 4. The average Bonchev–Trinajstić information content (AvgIpc) is 3.31. The Bertz CT molecular complexity index is 1070. The monoisotopic (exact) mass is 393 g/mol. The number of nitrogens with one attached hydrogen (secondary N) is 1. The second-order valence-electron chi connectivity index (χ2n) is 6.24. The maximum Gasteiger partial charge on any atom is 0.221 e. The number of amides is 1. The SMILES string of the molecule is CC(=O)Nc1cccc(-n2cnnc2SCCCc2nc3ccccc3o2)c1. The second kappa shape index (κ2) is 8.26. The Hall–Kier alpha value is -3.13. The van der Waals surface area contributed by atoms with Gasteiger partial charge in [0.2, 0.25) is 5.91 Å². The van der Waals surface area contributed by atoms with Crippen molar-refractivity contribution in [2.45, 2.75) is 24.9 Å². The first-order valence-electron chi connectivity index (χ1n) is 8.94. The first kappa shape index (κ1) is 18.2. The Balaban J connectivity index is 1.37. The molecule has 1 amide bonds. The van der Waals surface area contributed by atoms with Crippen LogP contribution in [0.15, 0.2) is 64.4 Å². The molecule has 0 unspecified atom stereocenters. The van der Waals surface area contributed by atoms with Crippen molar-refractivity contribution in [1.29, 1.82) is 0 Å². The third-order valence-electron chi connectivity index (χ3n) is 4.07. The van der Waals surface area contributed by atoms with Gasteiger partial charge in [-0.1, -0.05) is 30.0 Å². The molecule has 1 N–H and O–H groups in total. The van der Waals surface area contributed by atoms with E-state index < -0.39 is 0 Å². The van der Waals surface area contributed by atoms with Crippen molar-refractivity contribution in [3.63, 3.8) is 0 Å². The topological polar surface area (TPSA) is 85.8 Å². The number of nitrogens with zero attached hydrogens (tertiary/aromatic N) is 4. The minimum atomic E-state index is -0.102. The van der Waals surface area contributed by atoms with E-state index in [0.717, 1.165) is 52.1 Å². The third kappa shape index (κ3) is 4.23. The van der Waals surface area contributed by atoms with E-state index in [4.69, 9.17) is 4.42 Å². The fourth-order valence-electron chi connectivity index (χ4n) is 2.85. The van der Waals surface area contributed by atoms with Crippen LogP contribution in [0.3, 0.4) is 0 Å². The number of thioether (sulfide) groups is 1. The zero-order chi connectivity index (χ0) is 19.3. The largest absolute Gasteiger partial charge is 0.441 e. The minimum Gasteiger partial charge on any atom is -0.441 e. The first-order chi connectivity index (χ1) is 13.7. The van der Waals surface area contributed by atoms with E-state index in [1.165, 1.54) is 6.92 Å². The van der Waals surface area contributed by atoms with Crippen molar-refractivity contribution in [1.82, 2.24) is 19.7 Å². The Morgan fingerprint density at radius 2 is 2.11 bits per heavy atom. The van der Waals surface area contributed by atoms with Gasteiger partial charge in [0, 0.05) is 24.8 Å². The number of carbonyl (C=O) groups is 1. The molecule has 28 heavy (non-hydrogen) atoms. The summed E-state index contributed by atoms with van der Waals surface area (Å²) in [5.74, 6) is 1.52. The normalized spacial score (nSPS) is 11.0. The van der Waals surface area contributed by atoms with Crippen LogP contribution < -0.4 is 5.32 Å². The molecule has 0 aliphatic carbocycles. The number of carbonyl (C=O) groups excluding carboxylic acids is 1. The molecule has 0 atom stereocenters. The summed E-state index contributed by atoms with van der Waals surface area (Å²) in [6.07, 6.45) is 3.36. The Kier molecular flexibility index (Phi) is 5.38. The van der Waals surface area contributed by atoms with Crippen molar-refractivity contribution >= 4 is 34.5 Å². The molecular weight excluding hydrogens is 374 g/mol. The predicted octanol–water partition coefficient (Wildman–Crippen LogP) is 4.09. The maximum atomic E-state index is 11.3. The fraction of sp³-hybridized carbons (Fsp3) is 0.200. The van der Waals surface area contributed by atoms with Gasteiger partial charge in [0.15, 0.2) is 16.6 Å². The highest BCUT2D eigenvalue weighted by Gasteiger charge is 2.09. The van der Waals surface area contributed by atoms with Gasteiger partial charge in [0.25, 0.3) is 0 Å². The summed E-state index contributed by atoms with van der Waals surface area (Å²) < 4.78 is 7.67. The number of hydrogen-bond donors (Lipinski definition) is 1. The van der Waals surface area contributed by atoms with Crippen molar-refractivity contribution < 1.29 is 9.21 Å². The molecule has 4 rings (SSSR count). The van der Waals surface area contributed by atoms with Crippen LogP contribution >= 0.6 is 11.8 Å².